The maximum atomic E-state index is 12.1. The number of hydrogen-bond acceptors (Lipinski definition) is 6. The standard InChI is InChI=1S/C21H40O4S2/c1-16(14-26-7)18(22)24-20(3,4)12-10-9-11-13-21(5,6)25-19(23)17(2)15-27-8/h16-17H,9-15H2,1-8H3. The maximum absolute atomic E-state index is 12.1. The van der Waals surface area contributed by atoms with E-state index in [1.54, 1.807) is 23.5 Å². The summed E-state index contributed by atoms with van der Waals surface area (Å²) in [6, 6.07) is 0. The van der Waals surface area contributed by atoms with Crippen LogP contribution in [0.5, 0.6) is 0 Å². The Morgan fingerprint density at radius 3 is 1.37 bits per heavy atom. The van der Waals surface area contributed by atoms with Crippen molar-refractivity contribution < 1.29 is 19.1 Å². The number of rotatable bonds is 14. The summed E-state index contributed by atoms with van der Waals surface area (Å²) in [6.45, 7) is 11.8. The van der Waals surface area contributed by atoms with E-state index in [1.165, 1.54) is 0 Å². The van der Waals surface area contributed by atoms with Crippen molar-refractivity contribution in [3.05, 3.63) is 0 Å². The number of carbonyl (C=O) groups excluding carboxylic acids is 2. The average Bonchev–Trinajstić information content (AvgIpc) is 2.53. The average molecular weight is 421 g/mol. The molecule has 0 heterocycles. The zero-order valence-corrected chi connectivity index (χ0v) is 20.2. The molecule has 0 aromatic carbocycles. The van der Waals surface area contributed by atoms with Gasteiger partial charge in [0.1, 0.15) is 11.2 Å². The van der Waals surface area contributed by atoms with E-state index in [-0.39, 0.29) is 23.8 Å². The minimum Gasteiger partial charge on any atom is -0.459 e. The molecule has 0 amide bonds. The lowest BCUT2D eigenvalue weighted by molar-refractivity contribution is -0.161. The van der Waals surface area contributed by atoms with E-state index < -0.39 is 11.2 Å². The zero-order chi connectivity index (χ0) is 21.1. The summed E-state index contributed by atoms with van der Waals surface area (Å²) in [6.07, 6.45) is 8.69. The molecule has 0 N–H and O–H groups in total. The van der Waals surface area contributed by atoms with Gasteiger partial charge in [-0.15, -0.1) is 0 Å². The number of ether oxygens (including phenoxy) is 2. The van der Waals surface area contributed by atoms with Crippen LogP contribution in [0, 0.1) is 11.8 Å². The van der Waals surface area contributed by atoms with E-state index in [9.17, 15) is 9.59 Å². The van der Waals surface area contributed by atoms with Gasteiger partial charge in [-0.1, -0.05) is 20.3 Å². The van der Waals surface area contributed by atoms with Crippen LogP contribution in [-0.4, -0.2) is 47.2 Å². The van der Waals surface area contributed by atoms with E-state index in [1.807, 2.05) is 54.1 Å². The summed E-state index contributed by atoms with van der Waals surface area (Å²) in [5.41, 5.74) is -0.863. The Morgan fingerprint density at radius 1 is 0.741 bits per heavy atom. The number of thioether (sulfide) groups is 2. The quantitative estimate of drug-likeness (QED) is 0.270. The van der Waals surface area contributed by atoms with Crippen LogP contribution in [-0.2, 0) is 19.1 Å². The summed E-state index contributed by atoms with van der Waals surface area (Å²) < 4.78 is 11.4. The molecule has 0 aliphatic rings. The van der Waals surface area contributed by atoms with Gasteiger partial charge in [-0.05, 0) is 65.9 Å². The van der Waals surface area contributed by atoms with Crippen LogP contribution in [0.15, 0.2) is 0 Å². The summed E-state index contributed by atoms with van der Waals surface area (Å²) in [4.78, 5) is 24.2. The summed E-state index contributed by atoms with van der Waals surface area (Å²) in [5, 5.41) is 0. The highest BCUT2D eigenvalue weighted by Gasteiger charge is 2.27. The molecule has 6 heteroatoms. The second-order valence-electron chi connectivity index (χ2n) is 8.64. The first-order valence-electron chi connectivity index (χ1n) is 9.87. The lowest BCUT2D eigenvalue weighted by atomic mass is 9.96. The smallest absolute Gasteiger partial charge is 0.310 e. The first kappa shape index (κ1) is 26.6. The number of unbranched alkanes of at least 4 members (excludes halogenated alkanes) is 2. The van der Waals surface area contributed by atoms with Crippen molar-refractivity contribution in [1.29, 1.82) is 0 Å². The van der Waals surface area contributed by atoms with Gasteiger partial charge in [-0.2, -0.15) is 23.5 Å². The van der Waals surface area contributed by atoms with Crippen LogP contribution < -0.4 is 0 Å². The van der Waals surface area contributed by atoms with Crippen molar-refractivity contribution in [3.63, 3.8) is 0 Å². The molecular formula is C21H40O4S2. The van der Waals surface area contributed by atoms with Gasteiger partial charge in [-0.3, -0.25) is 9.59 Å². The Kier molecular flexibility index (Phi) is 12.8. The first-order valence-corrected chi connectivity index (χ1v) is 12.7. The predicted octanol–water partition coefficient (Wildman–Crippen LogP) is 5.58. The second kappa shape index (κ2) is 13.0. The predicted molar refractivity (Wildman–Crippen MR) is 119 cm³/mol. The number of esters is 2. The molecule has 0 aromatic heterocycles. The van der Waals surface area contributed by atoms with Crippen LogP contribution >= 0.6 is 23.5 Å². The van der Waals surface area contributed by atoms with Crippen LogP contribution in [0.1, 0.15) is 73.6 Å². The van der Waals surface area contributed by atoms with E-state index >= 15 is 0 Å². The van der Waals surface area contributed by atoms with Gasteiger partial charge >= 0.3 is 11.9 Å². The molecule has 0 aromatic rings. The number of carbonyl (C=O) groups is 2. The fraction of sp³-hybridized carbons (Fsp3) is 0.905. The minimum absolute atomic E-state index is 0.0664. The van der Waals surface area contributed by atoms with Crippen molar-refractivity contribution in [2.45, 2.75) is 84.8 Å². The third-order valence-electron chi connectivity index (χ3n) is 4.45. The van der Waals surface area contributed by atoms with Gasteiger partial charge in [0.2, 0.25) is 0 Å². The Hall–Kier alpha value is -0.360. The van der Waals surface area contributed by atoms with Crippen LogP contribution in [0.2, 0.25) is 0 Å². The van der Waals surface area contributed by atoms with Crippen LogP contribution in [0.25, 0.3) is 0 Å². The normalized spacial score (nSPS) is 14.5. The molecule has 0 bridgehead atoms. The Morgan fingerprint density at radius 2 is 1.07 bits per heavy atom. The lowest BCUT2D eigenvalue weighted by Crippen LogP contribution is -2.32. The second-order valence-corrected chi connectivity index (χ2v) is 10.5. The minimum atomic E-state index is -0.432. The highest BCUT2D eigenvalue weighted by atomic mass is 32.2. The molecule has 0 saturated carbocycles. The topological polar surface area (TPSA) is 52.6 Å². The van der Waals surface area contributed by atoms with Gasteiger partial charge < -0.3 is 9.47 Å². The highest BCUT2D eigenvalue weighted by Crippen LogP contribution is 2.24. The van der Waals surface area contributed by atoms with Gasteiger partial charge in [0, 0.05) is 11.5 Å². The molecule has 0 saturated heterocycles. The molecular weight excluding hydrogens is 380 g/mol. The van der Waals surface area contributed by atoms with Crippen LogP contribution in [0.3, 0.4) is 0 Å². The Bertz CT molecular complexity index is 409. The molecule has 2 atom stereocenters. The molecule has 0 aliphatic carbocycles. The summed E-state index contributed by atoms with van der Waals surface area (Å²) >= 11 is 3.32. The fourth-order valence-electron chi connectivity index (χ4n) is 2.76. The molecule has 160 valence electrons. The van der Waals surface area contributed by atoms with Gasteiger partial charge in [0.15, 0.2) is 0 Å². The zero-order valence-electron chi connectivity index (χ0n) is 18.6. The van der Waals surface area contributed by atoms with Crippen molar-refractivity contribution in [2.75, 3.05) is 24.0 Å². The van der Waals surface area contributed by atoms with E-state index in [0.717, 1.165) is 43.6 Å². The molecule has 27 heavy (non-hydrogen) atoms. The van der Waals surface area contributed by atoms with Crippen molar-refractivity contribution in [1.82, 2.24) is 0 Å². The van der Waals surface area contributed by atoms with Gasteiger partial charge in [0.25, 0.3) is 0 Å². The molecule has 0 radical (unpaired) electrons. The molecule has 0 aliphatic heterocycles. The maximum Gasteiger partial charge on any atom is 0.310 e. The highest BCUT2D eigenvalue weighted by molar-refractivity contribution is 7.98. The lowest BCUT2D eigenvalue weighted by Gasteiger charge is -2.28. The van der Waals surface area contributed by atoms with E-state index in [2.05, 4.69) is 0 Å². The SMILES string of the molecule is CSCC(C)C(=O)OC(C)(C)CCCCCC(C)(C)OC(=O)C(C)CSC. The molecule has 0 spiro atoms. The summed E-state index contributed by atoms with van der Waals surface area (Å²) in [7, 11) is 0. The van der Waals surface area contributed by atoms with Gasteiger partial charge in [-0.25, -0.2) is 0 Å². The van der Waals surface area contributed by atoms with Gasteiger partial charge in [0.05, 0.1) is 11.8 Å². The third-order valence-corrected chi connectivity index (χ3v) is 6.12. The Labute approximate surface area is 175 Å². The van der Waals surface area contributed by atoms with Crippen molar-refractivity contribution in [2.24, 2.45) is 11.8 Å². The first-order chi connectivity index (χ1) is 12.4. The van der Waals surface area contributed by atoms with Crippen LogP contribution in [0.4, 0.5) is 0 Å². The fourth-order valence-corrected chi connectivity index (χ4v) is 4.03. The van der Waals surface area contributed by atoms with Crippen molar-refractivity contribution in [3.8, 4) is 0 Å². The van der Waals surface area contributed by atoms with E-state index in [4.69, 9.17) is 9.47 Å². The molecule has 2 unspecified atom stereocenters. The largest absolute Gasteiger partial charge is 0.459 e. The third kappa shape index (κ3) is 12.7. The molecule has 4 nitrogen and oxygen atoms in total. The molecule has 0 rings (SSSR count). The molecule has 0 fully saturated rings. The Balaban J connectivity index is 4.15. The number of hydrogen-bond donors (Lipinski definition) is 0. The van der Waals surface area contributed by atoms with E-state index in [0.29, 0.717) is 0 Å². The van der Waals surface area contributed by atoms with Crippen molar-refractivity contribution >= 4 is 35.5 Å². The summed E-state index contributed by atoms with van der Waals surface area (Å²) in [5.74, 6) is 1.23. The monoisotopic (exact) mass is 420 g/mol.